The molecule has 0 spiro atoms. The first kappa shape index (κ1) is 16.8. The number of urea groups is 1. The van der Waals surface area contributed by atoms with Crippen LogP contribution in [-0.4, -0.2) is 20.6 Å². The van der Waals surface area contributed by atoms with E-state index in [-0.39, 0.29) is 12.1 Å². The van der Waals surface area contributed by atoms with Gasteiger partial charge in [-0.05, 0) is 17.7 Å². The summed E-state index contributed by atoms with van der Waals surface area (Å²) in [5.74, 6) is 0.757. The number of aromatic nitrogens is 3. The normalized spacial score (nSPS) is 11.9. The van der Waals surface area contributed by atoms with Crippen molar-refractivity contribution in [3.63, 3.8) is 0 Å². The van der Waals surface area contributed by atoms with E-state index in [1.165, 1.54) is 0 Å². The number of carbonyl (C=O) groups excluding carboxylic acids is 1. The van der Waals surface area contributed by atoms with E-state index in [2.05, 4.69) is 20.6 Å². The molecule has 4 aromatic rings. The lowest BCUT2D eigenvalue weighted by molar-refractivity contribution is 0.249. The number of nitrogens with one attached hydrogen (secondary N) is 2. The Kier molecular flexibility index (Phi) is 4.53. The maximum atomic E-state index is 12.8. The van der Waals surface area contributed by atoms with E-state index in [4.69, 9.17) is 0 Å². The summed E-state index contributed by atoms with van der Waals surface area (Å²) in [6, 6.07) is 18.6. The van der Waals surface area contributed by atoms with Crippen LogP contribution < -0.4 is 10.6 Å². The van der Waals surface area contributed by atoms with E-state index < -0.39 is 0 Å². The van der Waals surface area contributed by atoms with Crippen LogP contribution in [0.5, 0.6) is 0 Å². The van der Waals surface area contributed by atoms with Crippen LogP contribution in [0.15, 0.2) is 79.3 Å². The lowest BCUT2D eigenvalue weighted by Gasteiger charge is -2.19. The van der Waals surface area contributed by atoms with Crippen LogP contribution in [0.2, 0.25) is 0 Å². The van der Waals surface area contributed by atoms with E-state index >= 15 is 0 Å². The quantitative estimate of drug-likeness (QED) is 0.582. The summed E-state index contributed by atoms with van der Waals surface area (Å²) in [4.78, 5) is 21.5. The first-order valence-electron chi connectivity index (χ1n) is 8.66. The molecule has 0 saturated heterocycles. The molecule has 0 fully saturated rings. The van der Waals surface area contributed by atoms with Gasteiger partial charge in [0.15, 0.2) is 0 Å². The smallest absolute Gasteiger partial charge is 0.320 e. The highest BCUT2D eigenvalue weighted by atomic mass is 16.2. The number of rotatable bonds is 4. The summed E-state index contributed by atoms with van der Waals surface area (Å²) in [5.41, 5.74) is 2.37. The molecule has 134 valence electrons. The van der Waals surface area contributed by atoms with Crippen molar-refractivity contribution in [1.82, 2.24) is 19.9 Å². The van der Waals surface area contributed by atoms with Crippen molar-refractivity contribution < 1.29 is 4.79 Å². The summed E-state index contributed by atoms with van der Waals surface area (Å²) in [5, 5.41) is 6.92. The van der Waals surface area contributed by atoms with Crippen LogP contribution in [0.25, 0.3) is 10.9 Å². The lowest BCUT2D eigenvalue weighted by atomic mass is 10.1. The van der Waals surface area contributed by atoms with Crippen molar-refractivity contribution in [2.45, 2.75) is 6.04 Å². The molecule has 0 aliphatic heterocycles. The fourth-order valence-electron chi connectivity index (χ4n) is 3.09. The van der Waals surface area contributed by atoms with Gasteiger partial charge in [0.25, 0.3) is 0 Å². The van der Waals surface area contributed by atoms with Gasteiger partial charge in [-0.1, -0.05) is 48.5 Å². The maximum absolute atomic E-state index is 12.8. The number of nitrogens with zero attached hydrogens (tertiary/aromatic N) is 3. The van der Waals surface area contributed by atoms with Crippen LogP contribution in [0, 0.1) is 0 Å². The number of para-hydroxylation sites is 1. The zero-order valence-corrected chi connectivity index (χ0v) is 14.8. The van der Waals surface area contributed by atoms with Crippen molar-refractivity contribution in [2.24, 2.45) is 7.05 Å². The SMILES string of the molecule is Cn1ccnc1C(NC(=O)Nc1cccc2cccnc12)c1ccccc1. The predicted molar refractivity (Wildman–Crippen MR) is 105 cm³/mol. The molecule has 1 unspecified atom stereocenters. The number of carbonyl (C=O) groups is 1. The highest BCUT2D eigenvalue weighted by Gasteiger charge is 2.20. The van der Waals surface area contributed by atoms with Crippen molar-refractivity contribution in [2.75, 3.05) is 5.32 Å². The zero-order valence-electron chi connectivity index (χ0n) is 14.8. The van der Waals surface area contributed by atoms with Gasteiger partial charge in [-0.25, -0.2) is 9.78 Å². The summed E-state index contributed by atoms with van der Waals surface area (Å²) in [7, 11) is 1.91. The molecule has 1 atom stereocenters. The molecule has 6 nitrogen and oxygen atoms in total. The molecular formula is C21H19N5O. The van der Waals surface area contributed by atoms with Gasteiger partial charge < -0.3 is 15.2 Å². The number of pyridine rings is 1. The van der Waals surface area contributed by atoms with Gasteiger partial charge in [-0.2, -0.15) is 0 Å². The minimum absolute atomic E-state index is 0.315. The molecular weight excluding hydrogens is 338 g/mol. The highest BCUT2D eigenvalue weighted by Crippen LogP contribution is 2.23. The maximum Gasteiger partial charge on any atom is 0.320 e. The van der Waals surface area contributed by atoms with Crippen molar-refractivity contribution in [3.8, 4) is 0 Å². The van der Waals surface area contributed by atoms with E-state index in [0.29, 0.717) is 5.69 Å². The van der Waals surface area contributed by atoms with Crippen LogP contribution in [0.1, 0.15) is 17.4 Å². The first-order valence-corrected chi connectivity index (χ1v) is 8.66. The Bertz CT molecular complexity index is 1070. The summed E-state index contributed by atoms with van der Waals surface area (Å²) < 4.78 is 1.90. The second kappa shape index (κ2) is 7.29. The average molecular weight is 357 g/mol. The van der Waals surface area contributed by atoms with Crippen molar-refractivity contribution in [3.05, 3.63) is 90.6 Å². The third kappa shape index (κ3) is 3.50. The molecule has 2 amide bonds. The molecule has 0 bridgehead atoms. The van der Waals surface area contributed by atoms with E-state index in [1.807, 2.05) is 78.5 Å². The predicted octanol–water partition coefficient (Wildman–Crippen LogP) is 3.88. The minimum Gasteiger partial charge on any atom is -0.336 e. The number of hydrogen-bond donors (Lipinski definition) is 2. The number of imidazole rings is 1. The summed E-state index contributed by atoms with van der Waals surface area (Å²) >= 11 is 0. The molecule has 2 aromatic heterocycles. The Labute approximate surface area is 156 Å². The average Bonchev–Trinajstić information content (AvgIpc) is 3.13. The largest absolute Gasteiger partial charge is 0.336 e. The van der Waals surface area contributed by atoms with E-state index in [9.17, 15) is 4.79 Å². The van der Waals surface area contributed by atoms with Gasteiger partial charge in [0.2, 0.25) is 0 Å². The highest BCUT2D eigenvalue weighted by molar-refractivity contribution is 5.99. The molecule has 0 aliphatic carbocycles. The van der Waals surface area contributed by atoms with Crippen molar-refractivity contribution in [1.29, 1.82) is 0 Å². The molecule has 2 heterocycles. The third-order valence-electron chi connectivity index (χ3n) is 4.41. The van der Waals surface area contributed by atoms with E-state index in [1.54, 1.807) is 12.4 Å². The lowest BCUT2D eigenvalue weighted by Crippen LogP contribution is -2.34. The van der Waals surface area contributed by atoms with Gasteiger partial charge in [0.1, 0.15) is 11.9 Å². The van der Waals surface area contributed by atoms with Gasteiger partial charge in [-0.3, -0.25) is 4.98 Å². The molecule has 2 aromatic carbocycles. The van der Waals surface area contributed by atoms with Gasteiger partial charge in [0.05, 0.1) is 11.2 Å². The second-order valence-corrected chi connectivity index (χ2v) is 6.22. The molecule has 0 radical (unpaired) electrons. The van der Waals surface area contributed by atoms with Gasteiger partial charge in [0, 0.05) is 31.0 Å². The minimum atomic E-state index is -0.367. The number of fused-ring (bicyclic) bond motifs is 1. The third-order valence-corrected chi connectivity index (χ3v) is 4.41. The number of amides is 2. The van der Waals surface area contributed by atoms with Crippen LogP contribution in [-0.2, 0) is 7.05 Å². The molecule has 27 heavy (non-hydrogen) atoms. The fourth-order valence-corrected chi connectivity index (χ4v) is 3.09. The zero-order chi connectivity index (χ0) is 18.6. The standard InChI is InChI=1S/C21H19N5O/c1-26-14-13-23-20(26)19(16-7-3-2-4-8-16)25-21(27)24-17-11-5-9-15-10-6-12-22-18(15)17/h2-14,19H,1H3,(H2,24,25,27). The number of benzene rings is 2. The Morgan fingerprint density at radius 2 is 1.78 bits per heavy atom. The Morgan fingerprint density at radius 3 is 2.56 bits per heavy atom. The van der Waals surface area contributed by atoms with Crippen LogP contribution in [0.4, 0.5) is 10.5 Å². The number of aryl methyl sites for hydroxylation is 1. The Hall–Kier alpha value is -3.67. The number of anilines is 1. The number of hydrogen-bond acceptors (Lipinski definition) is 3. The second-order valence-electron chi connectivity index (χ2n) is 6.22. The summed E-state index contributed by atoms with van der Waals surface area (Å²) in [6.07, 6.45) is 5.30. The van der Waals surface area contributed by atoms with Crippen molar-refractivity contribution >= 4 is 22.6 Å². The Morgan fingerprint density at radius 1 is 0.963 bits per heavy atom. The molecule has 4 rings (SSSR count). The van der Waals surface area contributed by atoms with Gasteiger partial charge in [-0.15, -0.1) is 0 Å². The molecule has 0 saturated carbocycles. The fraction of sp³-hybridized carbons (Fsp3) is 0.0952. The van der Waals surface area contributed by atoms with Gasteiger partial charge >= 0.3 is 6.03 Å². The monoisotopic (exact) mass is 357 g/mol. The summed E-state index contributed by atoms with van der Waals surface area (Å²) in [6.45, 7) is 0. The molecule has 2 N–H and O–H groups in total. The topological polar surface area (TPSA) is 71.8 Å². The van der Waals surface area contributed by atoms with Crippen LogP contribution >= 0.6 is 0 Å². The van der Waals surface area contributed by atoms with Crippen LogP contribution in [0.3, 0.4) is 0 Å². The van der Waals surface area contributed by atoms with E-state index in [0.717, 1.165) is 22.3 Å². The molecule has 0 aliphatic rings. The first-order chi connectivity index (χ1) is 13.2. The molecule has 6 heteroatoms. The Balaban J connectivity index is 1.61.